The molecular weight excluding hydrogens is 266 g/mol. The first kappa shape index (κ1) is 15.7. The van der Waals surface area contributed by atoms with Gasteiger partial charge in [-0.15, -0.1) is 12.4 Å². The number of anilines is 1. The van der Waals surface area contributed by atoms with Crippen molar-refractivity contribution >= 4 is 33.9 Å². The number of rotatable bonds is 3. The summed E-state index contributed by atoms with van der Waals surface area (Å²) in [4.78, 5) is 10.8. The van der Waals surface area contributed by atoms with Gasteiger partial charge in [-0.2, -0.15) is 0 Å². The third-order valence-electron chi connectivity index (χ3n) is 2.34. The van der Waals surface area contributed by atoms with Crippen LogP contribution in [-0.2, 0) is 14.6 Å². The lowest BCUT2D eigenvalue weighted by molar-refractivity contribution is -0.138. The first-order valence-corrected chi connectivity index (χ1v) is 6.45. The molecule has 0 heterocycles. The molecule has 1 aromatic rings. The first-order chi connectivity index (χ1) is 7.25. The monoisotopic (exact) mass is 279 g/mol. The molecular formula is C10H14ClNO4S. The van der Waals surface area contributed by atoms with Crippen LogP contribution in [0.25, 0.3) is 0 Å². The van der Waals surface area contributed by atoms with Crippen LogP contribution in [0.1, 0.15) is 18.4 Å². The van der Waals surface area contributed by atoms with E-state index < -0.39 is 21.7 Å². The van der Waals surface area contributed by atoms with Gasteiger partial charge in [-0.1, -0.05) is 12.1 Å². The molecule has 0 spiro atoms. The summed E-state index contributed by atoms with van der Waals surface area (Å²) >= 11 is 0. The summed E-state index contributed by atoms with van der Waals surface area (Å²) in [5.74, 6) is -1.88. The van der Waals surface area contributed by atoms with E-state index in [0.29, 0.717) is 5.56 Å². The highest BCUT2D eigenvalue weighted by Gasteiger charge is 2.21. The van der Waals surface area contributed by atoms with Crippen molar-refractivity contribution in [2.75, 3.05) is 12.0 Å². The fraction of sp³-hybridized carbons (Fsp3) is 0.300. The van der Waals surface area contributed by atoms with Crippen LogP contribution in [0.5, 0.6) is 0 Å². The Morgan fingerprint density at radius 2 is 1.94 bits per heavy atom. The maximum absolute atomic E-state index is 11.4. The van der Waals surface area contributed by atoms with Gasteiger partial charge >= 0.3 is 5.97 Å². The molecule has 0 saturated carbocycles. The van der Waals surface area contributed by atoms with Gasteiger partial charge in [-0.3, -0.25) is 4.79 Å². The molecule has 0 saturated heterocycles. The Kier molecular flexibility index (Phi) is 4.97. The number of benzene rings is 1. The summed E-state index contributed by atoms with van der Waals surface area (Å²) < 4.78 is 22.7. The van der Waals surface area contributed by atoms with E-state index in [9.17, 15) is 13.2 Å². The topological polar surface area (TPSA) is 97.5 Å². The Bertz CT molecular complexity index is 527. The van der Waals surface area contributed by atoms with Gasteiger partial charge in [0.05, 0.1) is 16.5 Å². The minimum Gasteiger partial charge on any atom is -0.481 e. The second-order valence-corrected chi connectivity index (χ2v) is 5.58. The van der Waals surface area contributed by atoms with Crippen molar-refractivity contribution in [1.82, 2.24) is 0 Å². The molecule has 1 aromatic carbocycles. The van der Waals surface area contributed by atoms with Crippen molar-refractivity contribution in [2.45, 2.75) is 17.7 Å². The van der Waals surface area contributed by atoms with Crippen LogP contribution in [0.2, 0.25) is 0 Å². The van der Waals surface area contributed by atoms with Crippen LogP contribution in [0.15, 0.2) is 23.1 Å². The molecule has 0 radical (unpaired) electrons. The van der Waals surface area contributed by atoms with Gasteiger partial charge < -0.3 is 10.8 Å². The van der Waals surface area contributed by atoms with E-state index in [0.717, 1.165) is 6.26 Å². The Balaban J connectivity index is 0.00000256. The van der Waals surface area contributed by atoms with Gasteiger partial charge in [-0.05, 0) is 18.6 Å². The minimum atomic E-state index is -3.43. The van der Waals surface area contributed by atoms with Crippen molar-refractivity contribution in [3.63, 3.8) is 0 Å². The highest BCUT2D eigenvalue weighted by atomic mass is 35.5. The molecule has 1 atom stereocenters. The number of aliphatic carboxylic acids is 1. The Morgan fingerprint density at radius 1 is 1.41 bits per heavy atom. The first-order valence-electron chi connectivity index (χ1n) is 4.56. The molecule has 17 heavy (non-hydrogen) atoms. The number of hydrogen-bond acceptors (Lipinski definition) is 4. The third-order valence-corrected chi connectivity index (χ3v) is 3.49. The average Bonchev–Trinajstić information content (AvgIpc) is 2.15. The van der Waals surface area contributed by atoms with Crippen molar-refractivity contribution in [2.24, 2.45) is 0 Å². The predicted octanol–water partition coefficient (Wildman–Crippen LogP) is 1.28. The van der Waals surface area contributed by atoms with E-state index in [1.165, 1.54) is 25.1 Å². The molecule has 96 valence electrons. The van der Waals surface area contributed by atoms with Gasteiger partial charge in [-0.25, -0.2) is 8.42 Å². The van der Waals surface area contributed by atoms with Crippen LogP contribution in [-0.4, -0.2) is 25.7 Å². The van der Waals surface area contributed by atoms with Crippen LogP contribution in [0, 0.1) is 0 Å². The number of halogens is 1. The molecule has 5 nitrogen and oxygen atoms in total. The zero-order chi connectivity index (χ0) is 12.5. The number of carboxylic acid groups (broad SMARTS) is 1. The fourth-order valence-electron chi connectivity index (χ4n) is 1.39. The molecule has 0 bridgehead atoms. The summed E-state index contributed by atoms with van der Waals surface area (Å²) in [5, 5.41) is 8.85. The predicted molar refractivity (Wildman–Crippen MR) is 67.3 cm³/mol. The standard InChI is InChI=1S/C10H13NO4S.ClH/c1-6(10(12)13)7-4-3-5-8(9(7)11)16(2,14)15;/h3-6H,11H2,1-2H3,(H,12,13);1H. The van der Waals surface area contributed by atoms with Crippen LogP contribution >= 0.6 is 12.4 Å². The smallest absolute Gasteiger partial charge is 0.310 e. The van der Waals surface area contributed by atoms with Gasteiger partial charge in [0.25, 0.3) is 0 Å². The lowest BCUT2D eigenvalue weighted by Gasteiger charge is -2.12. The van der Waals surface area contributed by atoms with Crippen molar-refractivity contribution in [1.29, 1.82) is 0 Å². The van der Waals surface area contributed by atoms with Gasteiger partial charge in [0.1, 0.15) is 0 Å². The summed E-state index contributed by atoms with van der Waals surface area (Å²) in [6.07, 6.45) is 1.04. The van der Waals surface area contributed by atoms with Gasteiger partial charge in [0.15, 0.2) is 9.84 Å². The van der Waals surface area contributed by atoms with Crippen molar-refractivity contribution in [3.8, 4) is 0 Å². The number of sulfone groups is 1. The molecule has 0 fully saturated rings. The number of carbonyl (C=O) groups is 1. The van der Waals surface area contributed by atoms with Crippen LogP contribution in [0.3, 0.4) is 0 Å². The van der Waals surface area contributed by atoms with Crippen molar-refractivity contribution < 1.29 is 18.3 Å². The molecule has 0 amide bonds. The molecule has 3 N–H and O–H groups in total. The van der Waals surface area contributed by atoms with E-state index in [2.05, 4.69) is 0 Å². The zero-order valence-corrected chi connectivity index (χ0v) is 11.0. The largest absolute Gasteiger partial charge is 0.481 e. The number of hydrogen-bond donors (Lipinski definition) is 2. The quantitative estimate of drug-likeness (QED) is 0.812. The van der Waals surface area contributed by atoms with E-state index in [1.54, 1.807) is 0 Å². The van der Waals surface area contributed by atoms with Crippen molar-refractivity contribution in [3.05, 3.63) is 23.8 Å². The number of para-hydroxylation sites is 1. The molecule has 1 unspecified atom stereocenters. The van der Waals surface area contributed by atoms with Gasteiger partial charge in [0.2, 0.25) is 0 Å². The Labute approximate surface area is 106 Å². The number of carboxylic acids is 1. The summed E-state index contributed by atoms with van der Waals surface area (Å²) in [7, 11) is -3.43. The van der Waals surface area contributed by atoms with E-state index in [1.807, 2.05) is 0 Å². The lowest BCUT2D eigenvalue weighted by Crippen LogP contribution is -2.12. The summed E-state index contributed by atoms with van der Waals surface area (Å²) in [6.45, 7) is 1.46. The second kappa shape index (κ2) is 5.37. The maximum Gasteiger partial charge on any atom is 0.310 e. The third kappa shape index (κ3) is 3.34. The number of nitrogen functional groups attached to an aromatic ring is 1. The maximum atomic E-state index is 11.4. The summed E-state index contributed by atoms with van der Waals surface area (Å²) in [6, 6.07) is 4.37. The SMILES string of the molecule is CC(C(=O)O)c1cccc(S(C)(=O)=O)c1N.Cl. The molecule has 0 aromatic heterocycles. The van der Waals surface area contributed by atoms with E-state index in [4.69, 9.17) is 10.8 Å². The fourth-order valence-corrected chi connectivity index (χ4v) is 2.24. The molecule has 7 heteroatoms. The van der Waals surface area contributed by atoms with Crippen LogP contribution in [0.4, 0.5) is 5.69 Å². The molecule has 0 aliphatic heterocycles. The lowest BCUT2D eigenvalue weighted by atomic mass is 10.00. The number of nitrogens with two attached hydrogens (primary N) is 1. The Morgan fingerprint density at radius 3 is 2.35 bits per heavy atom. The second-order valence-electron chi connectivity index (χ2n) is 3.59. The highest BCUT2D eigenvalue weighted by Crippen LogP contribution is 2.28. The minimum absolute atomic E-state index is 0. The zero-order valence-electron chi connectivity index (χ0n) is 9.38. The van der Waals surface area contributed by atoms with E-state index >= 15 is 0 Å². The normalized spacial score (nSPS) is 12.6. The Hall–Kier alpha value is -1.27. The van der Waals surface area contributed by atoms with E-state index in [-0.39, 0.29) is 23.0 Å². The molecule has 0 aliphatic carbocycles. The molecule has 1 rings (SSSR count). The average molecular weight is 280 g/mol. The van der Waals surface area contributed by atoms with Crippen LogP contribution < -0.4 is 5.73 Å². The molecule has 0 aliphatic rings. The van der Waals surface area contributed by atoms with Gasteiger partial charge in [0, 0.05) is 6.26 Å². The highest BCUT2D eigenvalue weighted by molar-refractivity contribution is 7.90. The summed E-state index contributed by atoms with van der Waals surface area (Å²) in [5.41, 5.74) is 5.99.